The lowest BCUT2D eigenvalue weighted by atomic mass is 9.83. The Morgan fingerprint density at radius 3 is 2.47 bits per heavy atom. The van der Waals surface area contributed by atoms with Crippen molar-refractivity contribution in [2.75, 3.05) is 0 Å². The molecule has 0 radical (unpaired) electrons. The van der Waals surface area contributed by atoms with Crippen LogP contribution in [0, 0.1) is 0 Å². The van der Waals surface area contributed by atoms with Gasteiger partial charge in [0.1, 0.15) is 22.8 Å². The van der Waals surface area contributed by atoms with Crippen molar-refractivity contribution >= 4 is 23.8 Å². The molecule has 2 aliphatic heterocycles. The molecule has 4 rings (SSSR count). The van der Waals surface area contributed by atoms with Gasteiger partial charge in [-0.1, -0.05) is 50.3 Å². The predicted molar refractivity (Wildman–Crippen MR) is 137 cm³/mol. The van der Waals surface area contributed by atoms with Crippen molar-refractivity contribution in [3.8, 4) is 11.5 Å². The van der Waals surface area contributed by atoms with Crippen LogP contribution in [0.1, 0.15) is 110 Å². The molecular formula is C30H34O6. The lowest BCUT2D eigenvalue weighted by Crippen LogP contribution is -2.23. The number of ether oxygens (including phenoxy) is 2. The maximum Gasteiger partial charge on any atom is 0.342 e. The van der Waals surface area contributed by atoms with Gasteiger partial charge in [-0.3, -0.25) is 9.59 Å². The fraction of sp³-hybridized carbons (Fsp3) is 0.433. The summed E-state index contributed by atoms with van der Waals surface area (Å²) in [5.41, 5.74) is 2.98. The van der Waals surface area contributed by atoms with Gasteiger partial charge in [0.05, 0.1) is 12.5 Å². The zero-order valence-corrected chi connectivity index (χ0v) is 21.2. The minimum atomic E-state index is -0.628. The number of ketones is 1. The number of phenolic OH excluding ortho intramolecular Hbond substituents is 1. The molecule has 0 fully saturated rings. The molecule has 36 heavy (non-hydrogen) atoms. The largest absolute Gasteiger partial charge is 0.507 e. The summed E-state index contributed by atoms with van der Waals surface area (Å²) in [7, 11) is 0. The van der Waals surface area contributed by atoms with Crippen molar-refractivity contribution in [2.24, 2.45) is 0 Å². The minimum Gasteiger partial charge on any atom is -0.507 e. The molecule has 0 unspecified atom stereocenters. The van der Waals surface area contributed by atoms with Crippen molar-refractivity contribution in [2.45, 2.75) is 83.7 Å². The van der Waals surface area contributed by atoms with Gasteiger partial charge < -0.3 is 14.6 Å². The number of fused-ring (bicyclic) bond motifs is 2. The molecule has 0 aliphatic carbocycles. The molecule has 0 saturated carbocycles. The first kappa shape index (κ1) is 25.7. The van der Waals surface area contributed by atoms with Gasteiger partial charge in [0.2, 0.25) is 0 Å². The topological polar surface area (TPSA) is 89.9 Å². The average Bonchev–Trinajstić information content (AvgIpc) is 2.82. The van der Waals surface area contributed by atoms with E-state index in [2.05, 4.69) is 13.8 Å². The molecule has 6 heteroatoms. The summed E-state index contributed by atoms with van der Waals surface area (Å²) in [6, 6.07) is 9.63. The van der Waals surface area contributed by atoms with Gasteiger partial charge >= 0.3 is 11.9 Å². The van der Waals surface area contributed by atoms with Gasteiger partial charge in [-0.05, 0) is 61.3 Å². The Morgan fingerprint density at radius 2 is 1.75 bits per heavy atom. The van der Waals surface area contributed by atoms with E-state index in [9.17, 15) is 19.5 Å². The van der Waals surface area contributed by atoms with Crippen molar-refractivity contribution in [3.63, 3.8) is 0 Å². The van der Waals surface area contributed by atoms with Crippen LogP contribution in [0.5, 0.6) is 11.5 Å². The first-order valence-corrected chi connectivity index (χ1v) is 12.8. The summed E-state index contributed by atoms with van der Waals surface area (Å²) >= 11 is 0. The monoisotopic (exact) mass is 490 g/mol. The van der Waals surface area contributed by atoms with E-state index in [1.54, 1.807) is 19.1 Å². The lowest BCUT2D eigenvalue weighted by Gasteiger charge is -2.28. The molecule has 2 aliphatic rings. The SMILES string of the molecule is CC(C)c1ccc([C@H]2CC(=O)Oc3cc4c(c(O)c32)C(=O)O[C@@H](C)CCCC(=O)CCCC=C4)cc1. The van der Waals surface area contributed by atoms with Gasteiger partial charge in [0.15, 0.2) is 0 Å². The zero-order chi connectivity index (χ0) is 25.8. The maximum absolute atomic E-state index is 13.3. The second-order valence-electron chi connectivity index (χ2n) is 10.1. The summed E-state index contributed by atoms with van der Waals surface area (Å²) in [5.74, 6) is -0.839. The van der Waals surface area contributed by atoms with E-state index < -0.39 is 18.0 Å². The number of phenols is 1. The van der Waals surface area contributed by atoms with Crippen LogP contribution in [0.15, 0.2) is 36.4 Å². The standard InChI is InChI=1S/C30H34O6/c1-18(2)20-12-14-21(15-13-20)24-17-26(32)36-25-16-22-9-5-4-6-10-23(31)11-7-8-19(3)35-30(34)27(22)29(33)28(24)25/h5,9,12-16,18-19,24,33H,4,6-8,10-11,17H2,1-3H3/t19-,24+/m0/s1. The van der Waals surface area contributed by atoms with Crippen molar-refractivity contribution in [1.29, 1.82) is 0 Å². The number of carbonyl (C=O) groups is 3. The Morgan fingerprint density at radius 1 is 1.03 bits per heavy atom. The highest BCUT2D eigenvalue weighted by atomic mass is 16.5. The second kappa shape index (κ2) is 11.1. The molecule has 0 saturated heterocycles. The van der Waals surface area contributed by atoms with Crippen LogP contribution >= 0.6 is 0 Å². The van der Waals surface area contributed by atoms with Crippen LogP contribution < -0.4 is 4.74 Å². The van der Waals surface area contributed by atoms with Crippen LogP contribution in [-0.4, -0.2) is 28.9 Å². The molecule has 0 aromatic heterocycles. The Balaban J connectivity index is 1.79. The first-order valence-electron chi connectivity index (χ1n) is 12.8. The molecule has 2 aromatic carbocycles. The second-order valence-corrected chi connectivity index (χ2v) is 10.1. The quantitative estimate of drug-likeness (QED) is 0.385. The summed E-state index contributed by atoms with van der Waals surface area (Å²) in [6.45, 7) is 6.02. The lowest BCUT2D eigenvalue weighted by molar-refractivity contribution is -0.135. The number of allylic oxidation sites excluding steroid dienone is 1. The third-order valence-electron chi connectivity index (χ3n) is 6.98. The van der Waals surface area contributed by atoms with E-state index in [-0.39, 0.29) is 35.2 Å². The average molecular weight is 491 g/mol. The smallest absolute Gasteiger partial charge is 0.342 e. The number of esters is 2. The number of carbonyl (C=O) groups excluding carboxylic acids is 3. The number of hydrogen-bond donors (Lipinski definition) is 1. The minimum absolute atomic E-state index is 0.0652. The molecule has 0 bridgehead atoms. The number of rotatable bonds is 2. The molecule has 190 valence electrons. The van der Waals surface area contributed by atoms with Gasteiger partial charge in [0, 0.05) is 24.3 Å². The molecule has 2 aromatic rings. The van der Waals surface area contributed by atoms with Crippen molar-refractivity contribution < 1.29 is 29.0 Å². The number of cyclic esters (lactones) is 1. The molecule has 2 atom stereocenters. The van der Waals surface area contributed by atoms with Gasteiger partial charge in [-0.15, -0.1) is 0 Å². The van der Waals surface area contributed by atoms with Crippen molar-refractivity contribution in [3.05, 3.63) is 64.2 Å². The third kappa shape index (κ3) is 5.69. The van der Waals surface area contributed by atoms with E-state index in [4.69, 9.17) is 9.47 Å². The number of aromatic hydroxyl groups is 1. The summed E-state index contributed by atoms with van der Waals surface area (Å²) < 4.78 is 11.2. The van der Waals surface area contributed by atoms with E-state index in [0.717, 1.165) is 5.56 Å². The summed E-state index contributed by atoms with van der Waals surface area (Å²) in [5, 5.41) is 11.5. The Bertz CT molecular complexity index is 1170. The van der Waals surface area contributed by atoms with E-state index in [1.807, 2.05) is 30.3 Å². The predicted octanol–water partition coefficient (Wildman–Crippen LogP) is 6.44. The highest BCUT2D eigenvalue weighted by Crippen LogP contribution is 2.47. The van der Waals surface area contributed by atoms with Gasteiger partial charge in [0.25, 0.3) is 0 Å². The van der Waals surface area contributed by atoms with E-state index in [0.29, 0.717) is 55.6 Å². The molecule has 6 nitrogen and oxygen atoms in total. The molecule has 0 spiro atoms. The van der Waals surface area contributed by atoms with Gasteiger partial charge in [-0.2, -0.15) is 0 Å². The fourth-order valence-electron chi connectivity index (χ4n) is 4.92. The van der Waals surface area contributed by atoms with E-state index in [1.165, 1.54) is 5.56 Å². The Kier molecular flexibility index (Phi) is 7.92. The van der Waals surface area contributed by atoms with Crippen LogP contribution in [0.25, 0.3) is 6.08 Å². The highest BCUT2D eigenvalue weighted by molar-refractivity contribution is 5.98. The Labute approximate surface area is 212 Å². The number of benzene rings is 2. The maximum atomic E-state index is 13.3. The third-order valence-corrected chi connectivity index (χ3v) is 6.98. The number of Topliss-reactive ketones (excluding diaryl/α,β-unsaturated/α-hetero) is 1. The zero-order valence-electron chi connectivity index (χ0n) is 21.2. The number of hydrogen-bond acceptors (Lipinski definition) is 6. The Hall–Kier alpha value is -3.41. The summed E-state index contributed by atoms with van der Waals surface area (Å²) in [6.07, 6.45) is 6.82. The van der Waals surface area contributed by atoms with Crippen LogP contribution in [0.2, 0.25) is 0 Å². The van der Waals surface area contributed by atoms with Gasteiger partial charge in [-0.25, -0.2) is 4.79 Å². The van der Waals surface area contributed by atoms with Crippen LogP contribution in [0.4, 0.5) is 0 Å². The summed E-state index contributed by atoms with van der Waals surface area (Å²) in [4.78, 5) is 37.9. The first-order chi connectivity index (χ1) is 17.2. The molecular weight excluding hydrogens is 456 g/mol. The van der Waals surface area contributed by atoms with Crippen LogP contribution in [0.3, 0.4) is 0 Å². The fourth-order valence-corrected chi connectivity index (χ4v) is 4.92. The highest BCUT2D eigenvalue weighted by Gasteiger charge is 2.35. The molecule has 1 N–H and O–H groups in total. The van der Waals surface area contributed by atoms with E-state index >= 15 is 0 Å². The molecule has 2 heterocycles. The normalized spacial score (nSPS) is 21.3. The molecule has 0 amide bonds. The van der Waals surface area contributed by atoms with Crippen LogP contribution in [-0.2, 0) is 14.3 Å². The van der Waals surface area contributed by atoms with Crippen molar-refractivity contribution in [1.82, 2.24) is 0 Å².